The summed E-state index contributed by atoms with van der Waals surface area (Å²) in [5, 5.41) is 12.9. The Morgan fingerprint density at radius 1 is 1.14 bits per heavy atom. The van der Waals surface area contributed by atoms with E-state index in [1.807, 2.05) is 54.8 Å². The van der Waals surface area contributed by atoms with Crippen LogP contribution in [0.1, 0.15) is 5.56 Å². The topological polar surface area (TPSA) is 99.0 Å². The van der Waals surface area contributed by atoms with E-state index < -0.39 is 18.5 Å². The molecule has 1 amide bonds. The third kappa shape index (κ3) is 4.46. The number of benzene rings is 2. The Morgan fingerprint density at radius 2 is 1.93 bits per heavy atom. The molecule has 0 atom stereocenters. The van der Waals surface area contributed by atoms with Crippen molar-refractivity contribution in [2.24, 2.45) is 0 Å². The van der Waals surface area contributed by atoms with Gasteiger partial charge in [-0.2, -0.15) is 0 Å². The fraction of sp³-hybridized carbons (Fsp3) is 0.150. The van der Waals surface area contributed by atoms with Crippen molar-refractivity contribution < 1.29 is 14.3 Å². The van der Waals surface area contributed by atoms with E-state index in [2.05, 4.69) is 20.6 Å². The Morgan fingerprint density at radius 3 is 2.76 bits per heavy atom. The van der Waals surface area contributed by atoms with E-state index in [-0.39, 0.29) is 6.54 Å². The number of fused-ring (bicyclic) bond motifs is 1. The Hall–Kier alpha value is -3.59. The Kier molecular flexibility index (Phi) is 5.30. The predicted molar refractivity (Wildman–Crippen MR) is 109 cm³/mol. The van der Waals surface area contributed by atoms with Gasteiger partial charge in [-0.15, -0.1) is 16.4 Å². The summed E-state index contributed by atoms with van der Waals surface area (Å²) in [6, 6.07) is 15.2. The molecule has 0 aliphatic carbocycles. The van der Waals surface area contributed by atoms with Gasteiger partial charge in [0, 0.05) is 10.9 Å². The molecule has 29 heavy (non-hydrogen) atoms. The maximum absolute atomic E-state index is 12.1. The van der Waals surface area contributed by atoms with Crippen LogP contribution in [0, 0.1) is 6.92 Å². The average molecular weight is 407 g/mol. The molecule has 0 saturated heterocycles. The van der Waals surface area contributed by atoms with Crippen LogP contribution < -0.4 is 5.32 Å². The minimum Gasteiger partial charge on any atom is -0.454 e. The zero-order valence-corrected chi connectivity index (χ0v) is 16.3. The van der Waals surface area contributed by atoms with Crippen LogP contribution >= 0.6 is 11.3 Å². The lowest BCUT2D eigenvalue weighted by molar-refractivity contribution is -0.148. The van der Waals surface area contributed by atoms with Gasteiger partial charge in [-0.25, -0.2) is 9.67 Å². The number of nitrogens with one attached hydrogen (secondary N) is 1. The van der Waals surface area contributed by atoms with E-state index in [0.29, 0.717) is 10.6 Å². The number of nitrogens with zero attached hydrogens (tertiary/aromatic N) is 4. The van der Waals surface area contributed by atoms with Gasteiger partial charge >= 0.3 is 5.97 Å². The fourth-order valence-electron chi connectivity index (χ4n) is 2.69. The van der Waals surface area contributed by atoms with Crippen molar-refractivity contribution >= 4 is 39.4 Å². The lowest BCUT2D eigenvalue weighted by Crippen LogP contribution is -2.23. The zero-order valence-electron chi connectivity index (χ0n) is 15.5. The van der Waals surface area contributed by atoms with Crippen LogP contribution in [0.3, 0.4) is 0 Å². The van der Waals surface area contributed by atoms with Gasteiger partial charge < -0.3 is 4.74 Å². The predicted octanol–water partition coefficient (Wildman–Crippen LogP) is 3.05. The molecule has 0 bridgehead atoms. The fourth-order valence-corrected chi connectivity index (χ4v) is 3.43. The number of esters is 1. The smallest absolute Gasteiger partial charge is 0.328 e. The maximum atomic E-state index is 12.1. The number of carbonyl (C=O) groups is 2. The molecule has 4 rings (SSSR count). The van der Waals surface area contributed by atoms with Crippen LogP contribution in [-0.2, 0) is 20.9 Å². The maximum Gasteiger partial charge on any atom is 0.328 e. The van der Waals surface area contributed by atoms with Gasteiger partial charge in [0.25, 0.3) is 5.91 Å². The molecule has 146 valence electrons. The first-order chi connectivity index (χ1) is 14.1. The van der Waals surface area contributed by atoms with Gasteiger partial charge in [0.05, 0.1) is 11.2 Å². The highest BCUT2D eigenvalue weighted by Gasteiger charge is 2.13. The summed E-state index contributed by atoms with van der Waals surface area (Å²) in [7, 11) is 0. The minimum absolute atomic E-state index is 0.122. The lowest BCUT2D eigenvalue weighted by Gasteiger charge is -2.05. The second-order valence-corrected chi connectivity index (χ2v) is 7.21. The number of hydrogen-bond acceptors (Lipinski definition) is 7. The number of rotatable bonds is 6. The number of amides is 1. The molecule has 0 spiro atoms. The molecule has 0 unspecified atom stereocenters. The Bertz CT molecular complexity index is 1170. The van der Waals surface area contributed by atoms with Crippen LogP contribution in [0.25, 0.3) is 22.3 Å². The van der Waals surface area contributed by atoms with Crippen molar-refractivity contribution in [1.29, 1.82) is 0 Å². The van der Waals surface area contributed by atoms with Gasteiger partial charge in [0.15, 0.2) is 11.7 Å². The zero-order chi connectivity index (χ0) is 20.2. The number of aromatic nitrogens is 4. The highest BCUT2D eigenvalue weighted by molar-refractivity contribution is 7.14. The monoisotopic (exact) mass is 407 g/mol. The van der Waals surface area contributed by atoms with Crippen LogP contribution in [-0.4, -0.2) is 38.5 Å². The van der Waals surface area contributed by atoms with Crippen LogP contribution in [0.4, 0.5) is 5.13 Å². The number of ether oxygens (including phenoxy) is 1. The van der Waals surface area contributed by atoms with E-state index >= 15 is 0 Å². The third-order valence-corrected chi connectivity index (χ3v) is 4.92. The van der Waals surface area contributed by atoms with Crippen molar-refractivity contribution in [1.82, 2.24) is 20.0 Å². The Labute approximate surface area is 170 Å². The minimum atomic E-state index is -0.574. The largest absolute Gasteiger partial charge is 0.454 e. The van der Waals surface area contributed by atoms with Crippen LogP contribution in [0.5, 0.6) is 0 Å². The molecule has 0 fully saturated rings. The SMILES string of the molecule is Cc1ccc(-c2csc(NC(=O)COC(=O)Cn3nnc4ccccc43)n2)cc1. The first kappa shape index (κ1) is 18.8. The highest BCUT2D eigenvalue weighted by Crippen LogP contribution is 2.25. The van der Waals surface area contributed by atoms with E-state index in [0.717, 1.165) is 16.8 Å². The van der Waals surface area contributed by atoms with E-state index in [1.165, 1.54) is 21.6 Å². The van der Waals surface area contributed by atoms with Crippen LogP contribution in [0.2, 0.25) is 0 Å². The summed E-state index contributed by atoms with van der Waals surface area (Å²) in [5.74, 6) is -1.03. The molecule has 2 heterocycles. The van der Waals surface area contributed by atoms with Crippen molar-refractivity contribution in [2.75, 3.05) is 11.9 Å². The molecule has 2 aromatic carbocycles. The molecule has 9 heteroatoms. The first-order valence-electron chi connectivity index (χ1n) is 8.85. The summed E-state index contributed by atoms with van der Waals surface area (Å²) in [5.41, 5.74) is 4.32. The van der Waals surface area contributed by atoms with Crippen molar-refractivity contribution in [3.63, 3.8) is 0 Å². The lowest BCUT2D eigenvalue weighted by atomic mass is 10.1. The molecule has 0 saturated carbocycles. The van der Waals surface area contributed by atoms with Gasteiger partial charge in [-0.3, -0.25) is 14.9 Å². The van der Waals surface area contributed by atoms with E-state index in [9.17, 15) is 9.59 Å². The molecular formula is C20H17N5O3S. The molecule has 1 N–H and O–H groups in total. The van der Waals surface area contributed by atoms with Gasteiger partial charge in [-0.05, 0) is 19.1 Å². The summed E-state index contributed by atoms with van der Waals surface area (Å²) < 4.78 is 6.47. The molecule has 2 aromatic heterocycles. The first-order valence-corrected chi connectivity index (χ1v) is 9.73. The molecule has 0 radical (unpaired) electrons. The normalized spacial score (nSPS) is 10.8. The number of para-hydroxylation sites is 1. The summed E-state index contributed by atoms with van der Waals surface area (Å²) in [6.45, 7) is 1.50. The number of aryl methyl sites for hydroxylation is 1. The molecule has 0 aliphatic heterocycles. The van der Waals surface area contributed by atoms with Gasteiger partial charge in [0.2, 0.25) is 0 Å². The number of carbonyl (C=O) groups excluding carboxylic acids is 2. The van der Waals surface area contributed by atoms with Crippen LogP contribution in [0.15, 0.2) is 53.9 Å². The standard InChI is InChI=1S/C20H17N5O3S/c1-13-6-8-14(9-7-13)16-12-29-20(21-16)22-18(26)11-28-19(27)10-25-17-5-3-2-4-15(17)23-24-25/h2-9,12H,10-11H2,1H3,(H,21,22,26). The van der Waals surface area contributed by atoms with E-state index in [4.69, 9.17) is 4.74 Å². The molecular weight excluding hydrogens is 390 g/mol. The summed E-state index contributed by atoms with van der Waals surface area (Å²) >= 11 is 1.31. The molecule has 8 nitrogen and oxygen atoms in total. The van der Waals surface area contributed by atoms with Gasteiger partial charge in [-0.1, -0.05) is 47.2 Å². The number of anilines is 1. The Balaban J connectivity index is 1.30. The highest BCUT2D eigenvalue weighted by atomic mass is 32.1. The van der Waals surface area contributed by atoms with E-state index in [1.54, 1.807) is 6.07 Å². The number of hydrogen-bond donors (Lipinski definition) is 1. The second-order valence-electron chi connectivity index (χ2n) is 6.35. The third-order valence-electron chi connectivity index (χ3n) is 4.16. The molecule has 0 aliphatic rings. The quantitative estimate of drug-likeness (QED) is 0.493. The summed E-state index contributed by atoms with van der Waals surface area (Å²) in [4.78, 5) is 28.5. The second kappa shape index (κ2) is 8.19. The summed E-state index contributed by atoms with van der Waals surface area (Å²) in [6.07, 6.45) is 0. The van der Waals surface area contributed by atoms with Crippen molar-refractivity contribution in [3.05, 3.63) is 59.5 Å². The number of thiazole rings is 1. The van der Waals surface area contributed by atoms with Crippen molar-refractivity contribution in [3.8, 4) is 11.3 Å². The van der Waals surface area contributed by atoms with Gasteiger partial charge in [0.1, 0.15) is 12.1 Å². The van der Waals surface area contributed by atoms with Crippen molar-refractivity contribution in [2.45, 2.75) is 13.5 Å². The average Bonchev–Trinajstić information content (AvgIpc) is 3.35. The molecule has 4 aromatic rings.